The van der Waals surface area contributed by atoms with Crippen LogP contribution in [0.15, 0.2) is 91.9 Å². The van der Waals surface area contributed by atoms with E-state index in [1.54, 1.807) is 18.5 Å². The van der Waals surface area contributed by atoms with Crippen LogP contribution in [0.2, 0.25) is 0 Å². The summed E-state index contributed by atoms with van der Waals surface area (Å²) in [5.74, 6) is 0. The zero-order chi connectivity index (χ0) is 16.1. The van der Waals surface area contributed by atoms with Crippen LogP contribution in [0.1, 0.15) is 26.3 Å². The lowest BCUT2D eigenvalue weighted by Crippen LogP contribution is -1.83. The van der Waals surface area contributed by atoms with E-state index in [0.29, 0.717) is 0 Å². The highest BCUT2D eigenvalue weighted by Gasteiger charge is 1.96. The number of hydrogen-bond donors (Lipinski definition) is 0. The molecule has 0 radical (unpaired) electrons. The molecule has 1 heteroatoms. The van der Waals surface area contributed by atoms with Gasteiger partial charge in [0.2, 0.25) is 0 Å². The highest BCUT2D eigenvalue weighted by molar-refractivity contribution is 5.72. The molecule has 1 aromatic rings. The molecule has 0 spiro atoms. The van der Waals surface area contributed by atoms with E-state index >= 15 is 0 Å². The zero-order valence-electron chi connectivity index (χ0n) is 13.3. The molecular weight excluding hydrogens is 254 g/mol. The molecule has 0 aliphatic rings. The second-order valence-electron chi connectivity index (χ2n) is 3.98. The van der Waals surface area contributed by atoms with Crippen molar-refractivity contribution in [2.45, 2.75) is 20.8 Å². The molecule has 0 N–H and O–H groups in total. The molecule has 0 atom stereocenters. The molecule has 0 saturated heterocycles. The standard InChI is InChI=1S/C18H19N.C2H6/c1-5-7-17(8-6-2)15(3)9-10-16(4)18-11-13-19-14-12-18;1-2/h5-14H,1,3-4H2,2H3;1-2H3/b8-6-,10-9-,17-7+;. The number of allylic oxidation sites excluding steroid dienone is 9. The van der Waals surface area contributed by atoms with Crippen LogP contribution in [0, 0.1) is 0 Å². The van der Waals surface area contributed by atoms with E-state index < -0.39 is 0 Å². The van der Waals surface area contributed by atoms with Gasteiger partial charge in [0, 0.05) is 12.4 Å². The smallest absolute Gasteiger partial charge is 0.0273 e. The third-order valence-corrected chi connectivity index (χ3v) is 2.55. The van der Waals surface area contributed by atoms with Crippen molar-refractivity contribution in [1.29, 1.82) is 0 Å². The average Bonchev–Trinajstić information content (AvgIpc) is 2.54. The molecule has 0 aromatic carbocycles. The minimum atomic E-state index is 0.924. The molecule has 21 heavy (non-hydrogen) atoms. The summed E-state index contributed by atoms with van der Waals surface area (Å²) < 4.78 is 0. The molecular formula is C20H25N. The molecule has 0 bridgehead atoms. The Kier molecular flexibility index (Phi) is 10.1. The van der Waals surface area contributed by atoms with Gasteiger partial charge in [0.05, 0.1) is 0 Å². The maximum atomic E-state index is 4.05. The molecule has 110 valence electrons. The maximum Gasteiger partial charge on any atom is 0.0273 e. The fourth-order valence-corrected chi connectivity index (χ4v) is 1.54. The van der Waals surface area contributed by atoms with E-state index in [1.807, 2.05) is 63.3 Å². The largest absolute Gasteiger partial charge is 0.265 e. The molecule has 0 saturated carbocycles. The third kappa shape index (κ3) is 7.07. The van der Waals surface area contributed by atoms with Gasteiger partial charge >= 0.3 is 0 Å². The van der Waals surface area contributed by atoms with Gasteiger partial charge in [-0.25, -0.2) is 0 Å². The van der Waals surface area contributed by atoms with Crippen molar-refractivity contribution < 1.29 is 0 Å². The first-order chi connectivity index (χ1) is 10.2. The molecule has 0 fully saturated rings. The quantitative estimate of drug-likeness (QED) is 0.589. The fraction of sp³-hybridized carbons (Fsp3) is 0.150. The van der Waals surface area contributed by atoms with E-state index in [4.69, 9.17) is 0 Å². The van der Waals surface area contributed by atoms with Crippen LogP contribution in [0.3, 0.4) is 0 Å². The Morgan fingerprint density at radius 1 is 1.05 bits per heavy atom. The predicted octanol–water partition coefficient (Wildman–Crippen LogP) is 5.92. The lowest BCUT2D eigenvalue weighted by atomic mass is 10.0. The summed E-state index contributed by atoms with van der Waals surface area (Å²) in [6, 6.07) is 3.86. The molecule has 0 aliphatic carbocycles. The Bertz CT molecular complexity index is 542. The van der Waals surface area contributed by atoms with Crippen LogP contribution < -0.4 is 0 Å². The SMILES string of the molecule is C=C/C=C(\C=C/C)C(=C)/C=C\C(=C)c1ccncc1.CC. The summed E-state index contributed by atoms with van der Waals surface area (Å²) >= 11 is 0. The van der Waals surface area contributed by atoms with E-state index in [1.165, 1.54) is 0 Å². The van der Waals surface area contributed by atoms with E-state index in [9.17, 15) is 0 Å². The summed E-state index contributed by atoms with van der Waals surface area (Å²) in [6.45, 7) is 17.8. The average molecular weight is 279 g/mol. The number of rotatable bonds is 6. The van der Waals surface area contributed by atoms with Gasteiger partial charge in [0.25, 0.3) is 0 Å². The van der Waals surface area contributed by atoms with Crippen LogP contribution >= 0.6 is 0 Å². The van der Waals surface area contributed by atoms with Gasteiger partial charge in [-0.2, -0.15) is 0 Å². The van der Waals surface area contributed by atoms with Gasteiger partial charge in [0.15, 0.2) is 0 Å². The van der Waals surface area contributed by atoms with Crippen molar-refractivity contribution >= 4 is 5.57 Å². The number of nitrogens with zero attached hydrogens (tertiary/aromatic N) is 1. The monoisotopic (exact) mass is 279 g/mol. The van der Waals surface area contributed by atoms with Gasteiger partial charge in [-0.1, -0.05) is 70.0 Å². The molecule has 0 unspecified atom stereocenters. The van der Waals surface area contributed by atoms with Crippen molar-refractivity contribution in [2.24, 2.45) is 0 Å². The minimum absolute atomic E-state index is 0.924. The normalized spacial score (nSPS) is 11.1. The van der Waals surface area contributed by atoms with Crippen molar-refractivity contribution in [3.05, 3.63) is 97.4 Å². The highest BCUT2D eigenvalue weighted by atomic mass is 14.6. The van der Waals surface area contributed by atoms with Gasteiger partial charge in [-0.15, -0.1) is 0 Å². The first kappa shape index (κ1) is 18.6. The highest BCUT2D eigenvalue weighted by Crippen LogP contribution is 2.16. The van der Waals surface area contributed by atoms with Crippen LogP contribution in [-0.2, 0) is 0 Å². The number of hydrogen-bond acceptors (Lipinski definition) is 1. The van der Waals surface area contributed by atoms with Crippen LogP contribution in [-0.4, -0.2) is 4.98 Å². The third-order valence-electron chi connectivity index (χ3n) is 2.55. The lowest BCUT2D eigenvalue weighted by molar-refractivity contribution is 1.32. The summed E-state index contributed by atoms with van der Waals surface area (Å²) in [6.07, 6.45) is 15.1. The molecule has 0 amide bonds. The number of aromatic nitrogens is 1. The van der Waals surface area contributed by atoms with E-state index in [2.05, 4.69) is 24.7 Å². The Morgan fingerprint density at radius 2 is 1.67 bits per heavy atom. The first-order valence-corrected chi connectivity index (χ1v) is 7.11. The van der Waals surface area contributed by atoms with Crippen LogP contribution in [0.4, 0.5) is 0 Å². The zero-order valence-corrected chi connectivity index (χ0v) is 13.3. The van der Waals surface area contributed by atoms with Crippen molar-refractivity contribution in [1.82, 2.24) is 4.98 Å². The molecule has 1 aromatic heterocycles. The lowest BCUT2D eigenvalue weighted by Gasteiger charge is -2.02. The second kappa shape index (κ2) is 11.4. The van der Waals surface area contributed by atoms with Gasteiger partial charge < -0.3 is 0 Å². The minimum Gasteiger partial charge on any atom is -0.265 e. The van der Waals surface area contributed by atoms with Crippen molar-refractivity contribution in [3.8, 4) is 0 Å². The molecule has 1 heterocycles. The Labute approximate surface area is 129 Å². The number of pyridine rings is 1. The summed E-state index contributed by atoms with van der Waals surface area (Å²) in [5, 5.41) is 0. The second-order valence-corrected chi connectivity index (χ2v) is 3.98. The topological polar surface area (TPSA) is 12.9 Å². The Balaban J connectivity index is 0.00000191. The van der Waals surface area contributed by atoms with E-state index in [-0.39, 0.29) is 0 Å². The van der Waals surface area contributed by atoms with E-state index in [0.717, 1.165) is 22.3 Å². The molecule has 1 nitrogen and oxygen atoms in total. The molecule has 1 rings (SSSR count). The van der Waals surface area contributed by atoms with Crippen molar-refractivity contribution in [2.75, 3.05) is 0 Å². The summed E-state index contributed by atoms with van der Waals surface area (Å²) in [5.41, 5.74) is 3.95. The maximum absolute atomic E-state index is 4.05. The molecule has 0 aliphatic heterocycles. The Hall–Kier alpha value is -2.41. The van der Waals surface area contributed by atoms with Crippen LogP contribution in [0.5, 0.6) is 0 Å². The van der Waals surface area contributed by atoms with Crippen LogP contribution in [0.25, 0.3) is 5.57 Å². The fourth-order valence-electron chi connectivity index (χ4n) is 1.54. The predicted molar refractivity (Wildman–Crippen MR) is 96.0 cm³/mol. The van der Waals surface area contributed by atoms with Gasteiger partial charge in [-0.3, -0.25) is 4.98 Å². The first-order valence-electron chi connectivity index (χ1n) is 7.11. The summed E-state index contributed by atoms with van der Waals surface area (Å²) in [4.78, 5) is 3.99. The Morgan fingerprint density at radius 3 is 2.19 bits per heavy atom. The van der Waals surface area contributed by atoms with Crippen molar-refractivity contribution in [3.63, 3.8) is 0 Å². The van der Waals surface area contributed by atoms with Gasteiger partial charge in [0.1, 0.15) is 0 Å². The van der Waals surface area contributed by atoms with Gasteiger partial charge in [-0.05, 0) is 41.3 Å². The summed E-state index contributed by atoms with van der Waals surface area (Å²) in [7, 11) is 0.